The zero-order valence-electron chi connectivity index (χ0n) is 9.88. The minimum atomic E-state index is 0.185. The van der Waals surface area contributed by atoms with Crippen LogP contribution >= 0.6 is 0 Å². The molecule has 0 aromatic rings. The molecule has 4 N–H and O–H groups in total. The Bertz CT molecular complexity index is 189. The van der Waals surface area contributed by atoms with E-state index < -0.39 is 0 Å². The molecule has 0 spiro atoms. The zero-order valence-corrected chi connectivity index (χ0v) is 9.88. The second-order valence-electron chi connectivity index (χ2n) is 5.91. The fourth-order valence-electron chi connectivity index (χ4n) is 3.43. The van der Waals surface area contributed by atoms with Crippen molar-refractivity contribution in [1.82, 2.24) is 0 Å². The standard InChI is InChI=1S/C13H26N2/c14-12-6-4-11(5-7-12)10-13(15)8-2-1-3-9-13/h11-12H,1-10,14-15H2. The summed E-state index contributed by atoms with van der Waals surface area (Å²) in [4.78, 5) is 0. The molecule has 2 fully saturated rings. The van der Waals surface area contributed by atoms with E-state index >= 15 is 0 Å². The minimum absolute atomic E-state index is 0.185. The number of hydrogen-bond donors (Lipinski definition) is 2. The molecule has 2 heteroatoms. The van der Waals surface area contributed by atoms with Gasteiger partial charge < -0.3 is 11.5 Å². The van der Waals surface area contributed by atoms with Crippen LogP contribution < -0.4 is 11.5 Å². The first-order chi connectivity index (χ1) is 7.18. The topological polar surface area (TPSA) is 52.0 Å². The highest BCUT2D eigenvalue weighted by molar-refractivity contribution is 4.90. The number of nitrogens with two attached hydrogens (primary N) is 2. The number of rotatable bonds is 2. The van der Waals surface area contributed by atoms with Gasteiger partial charge in [0.05, 0.1) is 0 Å². The van der Waals surface area contributed by atoms with Crippen LogP contribution in [0.2, 0.25) is 0 Å². The van der Waals surface area contributed by atoms with Crippen LogP contribution in [-0.2, 0) is 0 Å². The molecule has 15 heavy (non-hydrogen) atoms. The van der Waals surface area contributed by atoms with Crippen molar-refractivity contribution in [3.8, 4) is 0 Å². The van der Waals surface area contributed by atoms with Gasteiger partial charge in [0.2, 0.25) is 0 Å². The Morgan fingerprint density at radius 1 is 0.933 bits per heavy atom. The Balaban J connectivity index is 1.80. The third-order valence-electron chi connectivity index (χ3n) is 4.44. The molecule has 2 nitrogen and oxygen atoms in total. The molecule has 88 valence electrons. The van der Waals surface area contributed by atoms with Gasteiger partial charge in [-0.05, 0) is 50.9 Å². The second-order valence-corrected chi connectivity index (χ2v) is 5.91. The van der Waals surface area contributed by atoms with Crippen LogP contribution in [0.25, 0.3) is 0 Å². The summed E-state index contributed by atoms with van der Waals surface area (Å²) in [7, 11) is 0. The van der Waals surface area contributed by atoms with E-state index in [0.29, 0.717) is 6.04 Å². The van der Waals surface area contributed by atoms with E-state index in [9.17, 15) is 0 Å². The Labute approximate surface area is 93.8 Å². The lowest BCUT2D eigenvalue weighted by atomic mass is 9.72. The van der Waals surface area contributed by atoms with Crippen LogP contribution in [0.15, 0.2) is 0 Å². The van der Waals surface area contributed by atoms with Gasteiger partial charge in [0.1, 0.15) is 0 Å². The molecule has 2 rings (SSSR count). The zero-order chi connectivity index (χ0) is 10.7. The van der Waals surface area contributed by atoms with E-state index in [1.54, 1.807) is 0 Å². The Morgan fingerprint density at radius 2 is 1.53 bits per heavy atom. The first kappa shape index (κ1) is 11.4. The van der Waals surface area contributed by atoms with Gasteiger partial charge in [0.25, 0.3) is 0 Å². The van der Waals surface area contributed by atoms with Crippen molar-refractivity contribution in [2.75, 3.05) is 0 Å². The van der Waals surface area contributed by atoms with Crippen molar-refractivity contribution in [2.45, 2.75) is 75.8 Å². The van der Waals surface area contributed by atoms with E-state index in [0.717, 1.165) is 5.92 Å². The van der Waals surface area contributed by atoms with E-state index in [1.807, 2.05) is 0 Å². The van der Waals surface area contributed by atoms with Crippen LogP contribution in [0.3, 0.4) is 0 Å². The van der Waals surface area contributed by atoms with Crippen molar-refractivity contribution >= 4 is 0 Å². The fourth-order valence-corrected chi connectivity index (χ4v) is 3.43. The highest BCUT2D eigenvalue weighted by atomic mass is 14.7. The van der Waals surface area contributed by atoms with Crippen molar-refractivity contribution < 1.29 is 0 Å². The summed E-state index contributed by atoms with van der Waals surface area (Å²) in [6.45, 7) is 0. The molecule has 0 amide bonds. The van der Waals surface area contributed by atoms with Gasteiger partial charge in [-0.2, -0.15) is 0 Å². The first-order valence-corrected chi connectivity index (χ1v) is 6.72. The van der Waals surface area contributed by atoms with Crippen molar-refractivity contribution in [3.05, 3.63) is 0 Å². The average molecular weight is 210 g/mol. The van der Waals surface area contributed by atoms with Gasteiger partial charge >= 0.3 is 0 Å². The second kappa shape index (κ2) is 4.84. The summed E-state index contributed by atoms with van der Waals surface area (Å²) in [5, 5.41) is 0. The van der Waals surface area contributed by atoms with Gasteiger partial charge in [-0.1, -0.05) is 19.3 Å². The molecule has 0 aromatic carbocycles. The van der Waals surface area contributed by atoms with Gasteiger partial charge in [0.15, 0.2) is 0 Å². The average Bonchev–Trinajstić information content (AvgIpc) is 2.22. The van der Waals surface area contributed by atoms with Crippen molar-refractivity contribution in [2.24, 2.45) is 17.4 Å². The maximum Gasteiger partial charge on any atom is 0.0157 e. The van der Waals surface area contributed by atoms with E-state index in [-0.39, 0.29) is 5.54 Å². The fraction of sp³-hybridized carbons (Fsp3) is 1.00. The van der Waals surface area contributed by atoms with Crippen molar-refractivity contribution in [3.63, 3.8) is 0 Å². The van der Waals surface area contributed by atoms with Gasteiger partial charge in [-0.15, -0.1) is 0 Å². The maximum atomic E-state index is 6.49. The monoisotopic (exact) mass is 210 g/mol. The maximum absolute atomic E-state index is 6.49. The molecule has 0 saturated heterocycles. The largest absolute Gasteiger partial charge is 0.328 e. The lowest BCUT2D eigenvalue weighted by molar-refractivity contribution is 0.200. The van der Waals surface area contributed by atoms with Gasteiger partial charge in [0, 0.05) is 11.6 Å². The predicted octanol–water partition coefficient (Wildman–Crippen LogP) is 2.56. The Morgan fingerprint density at radius 3 is 2.13 bits per heavy atom. The SMILES string of the molecule is NC1CCC(CC2(N)CCCCC2)CC1. The minimum Gasteiger partial charge on any atom is -0.328 e. The number of hydrogen-bond acceptors (Lipinski definition) is 2. The lowest BCUT2D eigenvalue weighted by Crippen LogP contribution is -2.44. The molecule has 0 aliphatic heterocycles. The molecule has 0 heterocycles. The molecule has 2 saturated carbocycles. The van der Waals surface area contributed by atoms with Crippen LogP contribution in [0.5, 0.6) is 0 Å². The van der Waals surface area contributed by atoms with Crippen LogP contribution in [0.1, 0.15) is 64.2 Å². The van der Waals surface area contributed by atoms with Gasteiger partial charge in [-0.25, -0.2) is 0 Å². The molecule has 2 aliphatic carbocycles. The summed E-state index contributed by atoms with van der Waals surface area (Å²) in [5.74, 6) is 0.868. The van der Waals surface area contributed by atoms with Crippen LogP contribution in [-0.4, -0.2) is 11.6 Å². The smallest absolute Gasteiger partial charge is 0.0157 e. The lowest BCUT2D eigenvalue weighted by Gasteiger charge is -2.38. The van der Waals surface area contributed by atoms with E-state index in [4.69, 9.17) is 11.5 Å². The van der Waals surface area contributed by atoms with Gasteiger partial charge in [-0.3, -0.25) is 0 Å². The third-order valence-corrected chi connectivity index (χ3v) is 4.44. The molecule has 0 aromatic heterocycles. The third kappa shape index (κ3) is 3.18. The normalized spacial score (nSPS) is 36.4. The highest BCUT2D eigenvalue weighted by Crippen LogP contribution is 2.36. The Kier molecular flexibility index (Phi) is 3.68. The molecular weight excluding hydrogens is 184 g/mol. The van der Waals surface area contributed by atoms with Crippen LogP contribution in [0, 0.1) is 5.92 Å². The summed E-state index contributed by atoms with van der Waals surface area (Å²) >= 11 is 0. The molecule has 0 atom stereocenters. The Hall–Kier alpha value is -0.0800. The molecule has 0 unspecified atom stereocenters. The van der Waals surface area contributed by atoms with E-state index in [2.05, 4.69) is 0 Å². The highest BCUT2D eigenvalue weighted by Gasteiger charge is 2.31. The molecule has 0 bridgehead atoms. The molecular formula is C13H26N2. The summed E-state index contributed by atoms with van der Waals surface area (Å²) < 4.78 is 0. The van der Waals surface area contributed by atoms with Crippen molar-refractivity contribution in [1.29, 1.82) is 0 Å². The summed E-state index contributed by atoms with van der Waals surface area (Å²) in [6, 6.07) is 0.473. The summed E-state index contributed by atoms with van der Waals surface area (Å²) in [6.07, 6.45) is 13.0. The first-order valence-electron chi connectivity index (χ1n) is 6.72. The predicted molar refractivity (Wildman–Crippen MR) is 64.6 cm³/mol. The van der Waals surface area contributed by atoms with E-state index in [1.165, 1.54) is 64.2 Å². The van der Waals surface area contributed by atoms with Crippen LogP contribution in [0.4, 0.5) is 0 Å². The molecule has 0 radical (unpaired) electrons. The molecule has 2 aliphatic rings. The summed E-state index contributed by atoms with van der Waals surface area (Å²) in [5.41, 5.74) is 12.6. The quantitative estimate of drug-likeness (QED) is 0.736.